The molecule has 1 aliphatic heterocycles. The molecular formula is C24H30N4O5S. The summed E-state index contributed by atoms with van der Waals surface area (Å²) in [6, 6.07) is 12.8. The van der Waals surface area contributed by atoms with Crippen LogP contribution in [0.1, 0.15) is 45.5 Å². The Morgan fingerprint density at radius 1 is 0.912 bits per heavy atom. The molecule has 0 aromatic heterocycles. The molecule has 34 heavy (non-hydrogen) atoms. The average Bonchev–Trinajstić information content (AvgIpc) is 2.86. The van der Waals surface area contributed by atoms with E-state index in [-0.39, 0.29) is 35.4 Å². The van der Waals surface area contributed by atoms with Crippen LogP contribution in [0.4, 0.5) is 0 Å². The third-order valence-corrected chi connectivity index (χ3v) is 7.43. The van der Waals surface area contributed by atoms with Gasteiger partial charge in [0.05, 0.1) is 11.4 Å². The lowest BCUT2D eigenvalue weighted by Gasteiger charge is -2.26. The molecule has 0 aliphatic carbocycles. The molecular weight excluding hydrogens is 456 g/mol. The van der Waals surface area contributed by atoms with Crippen LogP contribution in [-0.4, -0.2) is 69.1 Å². The topological polar surface area (TPSA) is 116 Å². The van der Waals surface area contributed by atoms with Crippen LogP contribution in [-0.2, 0) is 21.4 Å². The number of sulfonamides is 1. The van der Waals surface area contributed by atoms with Crippen LogP contribution >= 0.6 is 0 Å². The van der Waals surface area contributed by atoms with Crippen molar-refractivity contribution in [3.8, 4) is 0 Å². The molecule has 9 nitrogen and oxygen atoms in total. The predicted molar refractivity (Wildman–Crippen MR) is 128 cm³/mol. The van der Waals surface area contributed by atoms with Crippen molar-refractivity contribution in [1.29, 1.82) is 0 Å². The van der Waals surface area contributed by atoms with E-state index in [1.165, 1.54) is 38.4 Å². The Kier molecular flexibility index (Phi) is 8.41. The Morgan fingerprint density at radius 2 is 1.59 bits per heavy atom. The Hall–Kier alpha value is -3.24. The monoisotopic (exact) mass is 486 g/mol. The fourth-order valence-electron chi connectivity index (χ4n) is 3.58. The summed E-state index contributed by atoms with van der Waals surface area (Å²) >= 11 is 0. The van der Waals surface area contributed by atoms with Crippen LogP contribution in [0.2, 0.25) is 0 Å². The van der Waals surface area contributed by atoms with Crippen LogP contribution in [0.15, 0.2) is 53.4 Å². The first-order valence-corrected chi connectivity index (χ1v) is 12.6. The highest BCUT2D eigenvalue weighted by Crippen LogP contribution is 2.15. The van der Waals surface area contributed by atoms with Crippen LogP contribution in [0, 0.1) is 0 Å². The van der Waals surface area contributed by atoms with Crippen LogP contribution in [0.5, 0.6) is 0 Å². The first-order chi connectivity index (χ1) is 16.2. The lowest BCUT2D eigenvalue weighted by Crippen LogP contribution is -2.36. The SMILES string of the molecule is CN(C)S(=O)(=O)c1cccc(C(=O)NCC(=O)NCc2ccc(C(=O)N3CCCCC3)cc2)c1. The quantitative estimate of drug-likeness (QED) is 0.588. The molecule has 1 aliphatic rings. The number of hydrogen-bond donors (Lipinski definition) is 2. The van der Waals surface area contributed by atoms with Crippen molar-refractivity contribution in [3.63, 3.8) is 0 Å². The van der Waals surface area contributed by atoms with Gasteiger partial charge in [0.25, 0.3) is 11.8 Å². The number of piperidine rings is 1. The van der Waals surface area contributed by atoms with Gasteiger partial charge in [-0.2, -0.15) is 0 Å². The van der Waals surface area contributed by atoms with Crippen molar-refractivity contribution in [2.75, 3.05) is 33.7 Å². The summed E-state index contributed by atoms with van der Waals surface area (Å²) in [7, 11) is -0.850. The number of benzene rings is 2. The van der Waals surface area contributed by atoms with Crippen LogP contribution in [0.25, 0.3) is 0 Å². The van der Waals surface area contributed by atoms with Crippen molar-refractivity contribution >= 4 is 27.7 Å². The lowest BCUT2D eigenvalue weighted by atomic mass is 10.1. The van der Waals surface area contributed by atoms with Gasteiger partial charge in [-0.1, -0.05) is 18.2 Å². The second-order valence-corrected chi connectivity index (χ2v) is 10.5. The molecule has 0 radical (unpaired) electrons. The molecule has 0 saturated carbocycles. The second-order valence-electron chi connectivity index (χ2n) is 8.32. The highest BCUT2D eigenvalue weighted by Gasteiger charge is 2.19. The minimum absolute atomic E-state index is 0.00295. The predicted octanol–water partition coefficient (Wildman–Crippen LogP) is 1.61. The molecule has 0 bridgehead atoms. The summed E-state index contributed by atoms with van der Waals surface area (Å²) in [5.74, 6) is -0.911. The highest BCUT2D eigenvalue weighted by atomic mass is 32.2. The minimum Gasteiger partial charge on any atom is -0.350 e. The second kappa shape index (κ2) is 11.3. The number of amides is 3. The van der Waals surface area contributed by atoms with E-state index in [9.17, 15) is 22.8 Å². The zero-order valence-electron chi connectivity index (χ0n) is 19.4. The largest absolute Gasteiger partial charge is 0.350 e. The van der Waals surface area contributed by atoms with Gasteiger partial charge >= 0.3 is 0 Å². The van der Waals surface area contributed by atoms with Gasteiger partial charge in [-0.3, -0.25) is 14.4 Å². The zero-order valence-corrected chi connectivity index (χ0v) is 20.2. The van der Waals surface area contributed by atoms with Gasteiger partial charge in [0, 0.05) is 44.9 Å². The van der Waals surface area contributed by atoms with E-state index in [1.54, 1.807) is 24.3 Å². The van der Waals surface area contributed by atoms with Gasteiger partial charge in [0.2, 0.25) is 15.9 Å². The molecule has 1 saturated heterocycles. The summed E-state index contributed by atoms with van der Waals surface area (Å²) in [6.07, 6.45) is 3.23. The van der Waals surface area contributed by atoms with E-state index in [2.05, 4.69) is 10.6 Å². The van der Waals surface area contributed by atoms with Gasteiger partial charge < -0.3 is 15.5 Å². The van der Waals surface area contributed by atoms with Gasteiger partial charge in [0.15, 0.2) is 0 Å². The zero-order chi connectivity index (χ0) is 24.7. The molecule has 182 valence electrons. The van der Waals surface area contributed by atoms with Crippen molar-refractivity contribution in [2.45, 2.75) is 30.7 Å². The number of likely N-dealkylation sites (tertiary alicyclic amines) is 1. The average molecular weight is 487 g/mol. The number of hydrogen-bond acceptors (Lipinski definition) is 5. The fourth-order valence-corrected chi connectivity index (χ4v) is 4.53. The summed E-state index contributed by atoms with van der Waals surface area (Å²) in [5, 5.41) is 5.21. The van der Waals surface area contributed by atoms with E-state index in [4.69, 9.17) is 0 Å². The molecule has 0 spiro atoms. The van der Waals surface area contributed by atoms with E-state index in [0.29, 0.717) is 5.56 Å². The van der Waals surface area contributed by atoms with Crippen molar-refractivity contribution < 1.29 is 22.8 Å². The maximum atomic E-state index is 12.5. The normalized spacial score (nSPS) is 14.0. The Bertz CT molecular complexity index is 1140. The number of nitrogens with zero attached hydrogens (tertiary/aromatic N) is 2. The van der Waals surface area contributed by atoms with Gasteiger partial charge in [0.1, 0.15) is 0 Å². The van der Waals surface area contributed by atoms with Crippen molar-refractivity contribution in [3.05, 3.63) is 65.2 Å². The molecule has 1 heterocycles. The van der Waals surface area contributed by atoms with Crippen LogP contribution < -0.4 is 10.6 Å². The fraction of sp³-hybridized carbons (Fsp3) is 0.375. The van der Waals surface area contributed by atoms with Gasteiger partial charge in [-0.25, -0.2) is 12.7 Å². The molecule has 3 amide bonds. The summed E-state index contributed by atoms with van der Waals surface area (Å²) in [5.41, 5.74) is 1.60. The molecule has 2 aromatic rings. The number of carbonyl (C=O) groups excluding carboxylic acids is 3. The van der Waals surface area contributed by atoms with Crippen LogP contribution in [0.3, 0.4) is 0 Å². The van der Waals surface area contributed by atoms with E-state index >= 15 is 0 Å². The molecule has 2 aromatic carbocycles. The summed E-state index contributed by atoms with van der Waals surface area (Å²) < 4.78 is 25.5. The van der Waals surface area contributed by atoms with E-state index in [0.717, 1.165) is 42.2 Å². The summed E-state index contributed by atoms with van der Waals surface area (Å²) in [4.78, 5) is 38.9. The third kappa shape index (κ3) is 6.42. The molecule has 3 rings (SSSR count). The smallest absolute Gasteiger partial charge is 0.253 e. The number of carbonyl (C=O) groups is 3. The van der Waals surface area contributed by atoms with Gasteiger partial charge in [-0.15, -0.1) is 0 Å². The number of rotatable bonds is 8. The minimum atomic E-state index is -3.67. The summed E-state index contributed by atoms with van der Waals surface area (Å²) in [6.45, 7) is 1.58. The lowest BCUT2D eigenvalue weighted by molar-refractivity contribution is -0.120. The van der Waals surface area contributed by atoms with Crippen molar-refractivity contribution in [2.24, 2.45) is 0 Å². The third-order valence-electron chi connectivity index (χ3n) is 5.62. The molecule has 2 N–H and O–H groups in total. The molecule has 0 atom stereocenters. The Labute approximate surface area is 200 Å². The van der Waals surface area contributed by atoms with Gasteiger partial charge in [-0.05, 0) is 55.2 Å². The number of nitrogens with one attached hydrogen (secondary N) is 2. The van der Waals surface area contributed by atoms with Crippen molar-refractivity contribution in [1.82, 2.24) is 19.8 Å². The molecule has 10 heteroatoms. The first-order valence-electron chi connectivity index (χ1n) is 11.1. The standard InChI is InChI=1S/C24H30N4O5S/c1-27(2)34(32,33)21-8-6-7-20(15-21)23(30)26-17-22(29)25-16-18-9-11-19(12-10-18)24(31)28-13-4-3-5-14-28/h6-12,15H,3-5,13-14,16-17H2,1-2H3,(H,25,29)(H,26,30). The maximum Gasteiger partial charge on any atom is 0.253 e. The first kappa shape index (κ1) is 25.4. The van der Waals surface area contributed by atoms with E-state index < -0.39 is 15.9 Å². The maximum absolute atomic E-state index is 12.5. The Balaban J connectivity index is 1.48. The highest BCUT2D eigenvalue weighted by molar-refractivity contribution is 7.89. The van der Waals surface area contributed by atoms with E-state index in [1.807, 2.05) is 4.90 Å². The molecule has 0 unspecified atom stereocenters. The molecule has 1 fully saturated rings. The Morgan fingerprint density at radius 3 is 2.24 bits per heavy atom.